The molecule has 24 heavy (non-hydrogen) atoms. The molecule has 0 aliphatic heterocycles. The summed E-state index contributed by atoms with van der Waals surface area (Å²) in [6, 6.07) is 0. The first-order valence-electron chi connectivity index (χ1n) is 6.68. The van der Waals surface area contributed by atoms with Gasteiger partial charge in [-0.05, 0) is 0 Å². The number of ether oxygens (including phenoxy) is 3. The minimum absolute atomic E-state index is 0.304. The molecular weight excluding hydrogens is 516 g/mol. The number of hydrogen-bond donors (Lipinski definition) is 0. The van der Waals surface area contributed by atoms with Crippen molar-refractivity contribution in [3.8, 4) is 0 Å². The highest BCUT2D eigenvalue weighted by Gasteiger charge is 2.53. The monoisotopic (exact) mass is 528 g/mol. The molecule has 1 aliphatic rings. The van der Waals surface area contributed by atoms with Crippen LogP contribution in [-0.4, -0.2) is 50.7 Å². The molecule has 4 unspecified atom stereocenters. The molecule has 0 aromatic carbocycles. The summed E-state index contributed by atoms with van der Waals surface area (Å²) in [5.41, 5.74) is 0. The molecule has 0 radical (unpaired) electrons. The van der Waals surface area contributed by atoms with E-state index in [0.717, 1.165) is 18.2 Å². The lowest BCUT2D eigenvalue weighted by atomic mass is 9.91. The van der Waals surface area contributed by atoms with Crippen LogP contribution in [0.4, 0.5) is 0 Å². The van der Waals surface area contributed by atoms with Gasteiger partial charge in [0.25, 0.3) is 0 Å². The van der Waals surface area contributed by atoms with E-state index < -0.39 is 45.9 Å². The Morgan fingerprint density at radius 3 is 1.21 bits per heavy atom. The van der Waals surface area contributed by atoms with Gasteiger partial charge in [0, 0.05) is 23.1 Å². The molecule has 0 aromatic heterocycles. The summed E-state index contributed by atoms with van der Waals surface area (Å²) in [7, 11) is 0. The van der Waals surface area contributed by atoms with Crippen LogP contribution in [0.1, 0.15) is 0 Å². The Balaban J connectivity index is 3.22. The number of hydrogen-bond acceptors (Lipinski definition) is 6. The van der Waals surface area contributed by atoms with Gasteiger partial charge in [-0.15, -0.1) is 0 Å². The first-order chi connectivity index (χ1) is 11.3. The molecule has 132 valence electrons. The Labute approximate surface area is 164 Å². The molecule has 9 heteroatoms. The lowest BCUT2D eigenvalue weighted by molar-refractivity contribution is -0.182. The third-order valence-electron chi connectivity index (χ3n) is 3.14. The fraction of sp³-hybridized carbons (Fsp3) is 0.400. The van der Waals surface area contributed by atoms with Crippen LogP contribution in [0.25, 0.3) is 0 Å². The predicted octanol–water partition coefficient (Wildman–Crippen LogP) is 2.58. The molecule has 0 bridgehead atoms. The van der Waals surface area contributed by atoms with E-state index in [1.165, 1.54) is 0 Å². The van der Waals surface area contributed by atoms with Crippen LogP contribution in [0.3, 0.4) is 0 Å². The van der Waals surface area contributed by atoms with Gasteiger partial charge in [0.05, 0.1) is 9.65 Å². The van der Waals surface area contributed by atoms with E-state index in [1.54, 1.807) is 0 Å². The zero-order valence-corrected chi connectivity index (χ0v) is 17.2. The maximum Gasteiger partial charge on any atom is 0.330 e. The summed E-state index contributed by atoms with van der Waals surface area (Å²) in [5.74, 6) is -2.15. The van der Waals surface area contributed by atoms with Crippen LogP contribution in [0.15, 0.2) is 38.0 Å². The Hall–Kier alpha value is -0.930. The molecule has 0 N–H and O–H groups in total. The topological polar surface area (TPSA) is 78.9 Å². The number of carbonyl (C=O) groups excluding carboxylic acids is 3. The van der Waals surface area contributed by atoms with Crippen molar-refractivity contribution < 1.29 is 28.6 Å². The molecule has 1 saturated carbocycles. The summed E-state index contributed by atoms with van der Waals surface area (Å²) in [4.78, 5) is 33.7. The van der Waals surface area contributed by atoms with Crippen molar-refractivity contribution in [1.29, 1.82) is 0 Å². The van der Waals surface area contributed by atoms with Gasteiger partial charge in [0.15, 0.2) is 18.3 Å². The maximum atomic E-state index is 11.7. The van der Waals surface area contributed by atoms with E-state index in [4.69, 9.17) is 14.2 Å². The van der Waals surface area contributed by atoms with Crippen molar-refractivity contribution in [2.45, 2.75) is 32.8 Å². The lowest BCUT2D eigenvalue weighted by Crippen LogP contribution is -2.61. The highest BCUT2D eigenvalue weighted by Crippen LogP contribution is 2.39. The van der Waals surface area contributed by atoms with E-state index in [0.29, 0.717) is 0 Å². The first kappa shape index (κ1) is 21.1. The van der Waals surface area contributed by atoms with Crippen LogP contribution < -0.4 is 0 Å². The minimum atomic E-state index is -1.06. The molecular formula is C15H15Br3O6. The van der Waals surface area contributed by atoms with E-state index in [1.807, 2.05) is 0 Å². The van der Waals surface area contributed by atoms with Gasteiger partial charge in [-0.25, -0.2) is 14.4 Å². The lowest BCUT2D eigenvalue weighted by Gasteiger charge is -2.43. The van der Waals surface area contributed by atoms with Crippen LogP contribution in [-0.2, 0) is 28.6 Å². The summed E-state index contributed by atoms with van der Waals surface area (Å²) < 4.78 is 15.9. The van der Waals surface area contributed by atoms with E-state index >= 15 is 0 Å². The van der Waals surface area contributed by atoms with Gasteiger partial charge in [-0.3, -0.25) is 0 Å². The standard InChI is InChI=1S/C15H15Br3O6/c1-4-7(19)22-13-11(17)10(16)12(18)14(23-8(20)5-2)15(13)24-9(21)6-3/h4-6,10-15H,1-3H2. The molecule has 1 rings (SSSR count). The van der Waals surface area contributed by atoms with Crippen molar-refractivity contribution in [3.05, 3.63) is 38.0 Å². The largest absolute Gasteiger partial charge is 0.454 e. The normalized spacial score (nSPS) is 32.1. The molecule has 0 saturated heterocycles. The highest BCUT2D eigenvalue weighted by molar-refractivity contribution is 9.13. The van der Waals surface area contributed by atoms with Crippen molar-refractivity contribution in [1.82, 2.24) is 0 Å². The zero-order valence-electron chi connectivity index (χ0n) is 12.4. The zero-order chi connectivity index (χ0) is 18.4. The fourth-order valence-electron chi connectivity index (χ4n) is 2.03. The molecule has 0 amide bonds. The summed E-state index contributed by atoms with van der Waals surface area (Å²) in [5, 5.41) is 0. The van der Waals surface area contributed by atoms with Crippen LogP contribution >= 0.6 is 47.8 Å². The second-order valence-corrected chi connectivity index (χ2v) is 7.82. The molecule has 6 nitrogen and oxygen atoms in total. The SMILES string of the molecule is C=CC(=O)OC1C(Br)C(Br)C(Br)C(OC(=O)C=C)C1OC(=O)C=C. The Kier molecular flexibility index (Phi) is 8.38. The molecule has 0 heterocycles. The van der Waals surface area contributed by atoms with Crippen molar-refractivity contribution >= 4 is 65.7 Å². The van der Waals surface area contributed by atoms with Crippen LogP contribution in [0.2, 0.25) is 0 Å². The first-order valence-corrected chi connectivity index (χ1v) is 9.42. The van der Waals surface area contributed by atoms with E-state index in [9.17, 15) is 14.4 Å². The maximum absolute atomic E-state index is 11.7. The average molecular weight is 531 g/mol. The Morgan fingerprint density at radius 1 is 0.625 bits per heavy atom. The second-order valence-electron chi connectivity index (χ2n) is 4.65. The van der Waals surface area contributed by atoms with Crippen molar-refractivity contribution in [3.63, 3.8) is 0 Å². The van der Waals surface area contributed by atoms with Gasteiger partial charge < -0.3 is 14.2 Å². The summed E-state index contributed by atoms with van der Waals surface area (Å²) in [6.45, 7) is 10.00. The predicted molar refractivity (Wildman–Crippen MR) is 98.4 cm³/mol. The number of halogens is 3. The van der Waals surface area contributed by atoms with Gasteiger partial charge in [0.1, 0.15) is 0 Å². The third kappa shape index (κ3) is 5.03. The van der Waals surface area contributed by atoms with Gasteiger partial charge in [0.2, 0.25) is 0 Å². The van der Waals surface area contributed by atoms with E-state index in [2.05, 4.69) is 67.5 Å². The molecule has 0 aromatic rings. The molecule has 1 aliphatic carbocycles. The van der Waals surface area contributed by atoms with Gasteiger partial charge in [-0.2, -0.15) is 0 Å². The Bertz CT molecular complexity index is 513. The minimum Gasteiger partial charge on any atom is -0.454 e. The number of rotatable bonds is 6. The van der Waals surface area contributed by atoms with Gasteiger partial charge >= 0.3 is 17.9 Å². The van der Waals surface area contributed by atoms with Crippen LogP contribution in [0, 0.1) is 0 Å². The molecule has 4 atom stereocenters. The third-order valence-corrected chi connectivity index (χ3v) is 7.88. The summed E-state index contributed by atoms with van der Waals surface area (Å²) >= 11 is 10.3. The van der Waals surface area contributed by atoms with Gasteiger partial charge in [-0.1, -0.05) is 67.5 Å². The average Bonchev–Trinajstić information content (AvgIpc) is 2.58. The van der Waals surface area contributed by atoms with Crippen LogP contribution in [0.5, 0.6) is 0 Å². The van der Waals surface area contributed by atoms with Crippen molar-refractivity contribution in [2.75, 3.05) is 0 Å². The highest BCUT2D eigenvalue weighted by atomic mass is 79.9. The number of esters is 3. The fourth-order valence-corrected chi connectivity index (χ4v) is 4.52. The quantitative estimate of drug-likeness (QED) is 0.227. The molecule has 0 spiro atoms. The smallest absolute Gasteiger partial charge is 0.330 e. The molecule has 1 fully saturated rings. The Morgan fingerprint density at radius 2 is 0.917 bits per heavy atom. The van der Waals surface area contributed by atoms with Crippen molar-refractivity contribution in [2.24, 2.45) is 0 Å². The van der Waals surface area contributed by atoms with E-state index in [-0.39, 0.29) is 4.83 Å². The second kappa shape index (κ2) is 9.53. The number of alkyl halides is 3. The summed E-state index contributed by atoms with van der Waals surface area (Å²) in [6.07, 6.45) is 0.0118. The number of carbonyl (C=O) groups is 3.